The summed E-state index contributed by atoms with van der Waals surface area (Å²) in [4.78, 5) is 44.9. The number of Topliss-reactive ketones (excluding diaryl/α,β-unsaturated/α-hetero) is 1. The number of rotatable bonds is 8. The smallest absolute Gasteiger partial charge is 0.250 e. The van der Waals surface area contributed by atoms with Gasteiger partial charge in [0.15, 0.2) is 11.6 Å². The third-order valence-corrected chi connectivity index (χ3v) is 6.49. The predicted molar refractivity (Wildman–Crippen MR) is 143 cm³/mol. The monoisotopic (exact) mass is 509 g/mol. The Kier molecular flexibility index (Phi) is 6.94. The summed E-state index contributed by atoms with van der Waals surface area (Å²) in [5.74, 6) is -0.329. The van der Waals surface area contributed by atoms with E-state index in [1.54, 1.807) is 40.1 Å². The number of hydrogen-bond donors (Lipinski definition) is 2. The number of amides is 2. The molecule has 3 N–H and O–H groups in total. The van der Waals surface area contributed by atoms with Gasteiger partial charge in [-0.1, -0.05) is 18.2 Å². The van der Waals surface area contributed by atoms with Gasteiger partial charge in [-0.25, -0.2) is 0 Å². The second-order valence-electron chi connectivity index (χ2n) is 9.18. The van der Waals surface area contributed by atoms with E-state index in [2.05, 4.69) is 20.5 Å². The van der Waals surface area contributed by atoms with Gasteiger partial charge in [0.25, 0.3) is 5.91 Å². The Bertz CT molecular complexity index is 1540. The van der Waals surface area contributed by atoms with Crippen molar-refractivity contribution in [1.82, 2.24) is 24.6 Å². The van der Waals surface area contributed by atoms with Gasteiger partial charge in [0.2, 0.25) is 5.91 Å². The van der Waals surface area contributed by atoms with Crippen LogP contribution in [0, 0.1) is 6.92 Å². The number of primary amides is 1. The van der Waals surface area contributed by atoms with E-state index in [0.717, 1.165) is 5.69 Å². The molecule has 1 aromatic carbocycles. The number of nitrogens with one attached hydrogen (secondary N) is 1. The number of aromatic nitrogens is 4. The molecule has 0 spiro atoms. The molecule has 38 heavy (non-hydrogen) atoms. The summed E-state index contributed by atoms with van der Waals surface area (Å²) in [7, 11) is 0. The number of ketones is 1. The number of carbonyl (C=O) groups excluding carboxylic acids is 3. The molecule has 0 unspecified atom stereocenters. The molecule has 4 aromatic rings. The molecule has 0 aliphatic carbocycles. The van der Waals surface area contributed by atoms with Gasteiger partial charge < -0.3 is 20.5 Å². The highest BCUT2D eigenvalue weighted by molar-refractivity contribution is 6.07. The molecule has 4 heterocycles. The molecule has 0 fully saturated rings. The summed E-state index contributed by atoms with van der Waals surface area (Å²) in [6, 6.07) is 14.0. The van der Waals surface area contributed by atoms with E-state index in [1.165, 1.54) is 0 Å². The molecule has 1 aliphatic heterocycles. The SMILES string of the molecule is Cc1cccc(CC(=O)[C@@H]2CC=CCN2C(=O)Cn2cc(C(N)=O)c3cc(Nc4cccnn4)ccc32)n1. The summed E-state index contributed by atoms with van der Waals surface area (Å²) in [6.45, 7) is 2.18. The lowest BCUT2D eigenvalue weighted by Gasteiger charge is -2.32. The predicted octanol–water partition coefficient (Wildman–Crippen LogP) is 2.95. The molecular weight excluding hydrogens is 482 g/mol. The first kappa shape index (κ1) is 24.8. The summed E-state index contributed by atoms with van der Waals surface area (Å²) >= 11 is 0. The van der Waals surface area contributed by atoms with Crippen molar-refractivity contribution in [3.05, 3.63) is 90.0 Å². The van der Waals surface area contributed by atoms with Crippen LogP contribution in [0.4, 0.5) is 11.5 Å². The van der Waals surface area contributed by atoms with Crippen molar-refractivity contribution in [3.8, 4) is 0 Å². The Morgan fingerprint density at radius 1 is 1.11 bits per heavy atom. The van der Waals surface area contributed by atoms with Crippen LogP contribution in [-0.2, 0) is 22.6 Å². The maximum absolute atomic E-state index is 13.5. The van der Waals surface area contributed by atoms with Gasteiger partial charge in [-0.2, -0.15) is 5.10 Å². The lowest BCUT2D eigenvalue weighted by molar-refractivity contribution is -0.139. The van der Waals surface area contributed by atoms with Gasteiger partial charge in [0, 0.05) is 46.9 Å². The molecule has 3 aromatic heterocycles. The molecule has 10 heteroatoms. The van der Waals surface area contributed by atoms with E-state index < -0.39 is 11.9 Å². The number of fused-ring (bicyclic) bond motifs is 1. The molecule has 192 valence electrons. The fourth-order valence-electron chi connectivity index (χ4n) is 4.70. The number of nitrogens with two attached hydrogens (primary N) is 1. The molecule has 0 bridgehead atoms. The Hall–Kier alpha value is -4.86. The lowest BCUT2D eigenvalue weighted by atomic mass is 9.99. The van der Waals surface area contributed by atoms with Crippen molar-refractivity contribution < 1.29 is 14.4 Å². The minimum Gasteiger partial charge on any atom is -0.366 e. The maximum Gasteiger partial charge on any atom is 0.250 e. The minimum atomic E-state index is -0.600. The number of pyridine rings is 1. The van der Waals surface area contributed by atoms with Crippen LogP contribution in [-0.4, -0.2) is 54.8 Å². The van der Waals surface area contributed by atoms with Crippen LogP contribution in [0.2, 0.25) is 0 Å². The highest BCUT2D eigenvalue weighted by Crippen LogP contribution is 2.27. The van der Waals surface area contributed by atoms with Crippen LogP contribution in [0.25, 0.3) is 10.9 Å². The van der Waals surface area contributed by atoms with Crippen LogP contribution in [0.1, 0.15) is 28.2 Å². The molecule has 1 aliphatic rings. The van der Waals surface area contributed by atoms with Crippen LogP contribution in [0.15, 0.2) is 73.1 Å². The zero-order valence-electron chi connectivity index (χ0n) is 20.9. The van der Waals surface area contributed by atoms with E-state index in [-0.39, 0.29) is 24.7 Å². The Balaban J connectivity index is 1.38. The fraction of sp³-hybridized carbons (Fsp3) is 0.214. The van der Waals surface area contributed by atoms with E-state index in [1.807, 2.05) is 49.4 Å². The summed E-state index contributed by atoms with van der Waals surface area (Å²) < 4.78 is 1.70. The number of nitrogens with zero attached hydrogens (tertiary/aromatic N) is 5. The zero-order valence-corrected chi connectivity index (χ0v) is 20.9. The Morgan fingerprint density at radius 2 is 1.97 bits per heavy atom. The summed E-state index contributed by atoms with van der Waals surface area (Å²) in [5.41, 5.74) is 8.86. The Labute approximate surface area is 219 Å². The highest BCUT2D eigenvalue weighted by atomic mass is 16.2. The van der Waals surface area contributed by atoms with Crippen molar-refractivity contribution in [2.75, 3.05) is 11.9 Å². The number of anilines is 2. The van der Waals surface area contributed by atoms with Crippen LogP contribution in [0.5, 0.6) is 0 Å². The first-order valence-electron chi connectivity index (χ1n) is 12.3. The molecule has 10 nitrogen and oxygen atoms in total. The second kappa shape index (κ2) is 10.6. The number of benzene rings is 1. The first-order chi connectivity index (χ1) is 18.4. The molecule has 0 saturated carbocycles. The van der Waals surface area contributed by atoms with Crippen molar-refractivity contribution in [2.24, 2.45) is 5.73 Å². The molecule has 0 radical (unpaired) electrons. The number of hydrogen-bond acceptors (Lipinski definition) is 7. The molecule has 5 rings (SSSR count). The Morgan fingerprint density at radius 3 is 2.74 bits per heavy atom. The summed E-state index contributed by atoms with van der Waals surface area (Å²) in [6.07, 6.45) is 7.59. The van der Waals surface area contributed by atoms with Gasteiger partial charge in [-0.3, -0.25) is 19.4 Å². The largest absolute Gasteiger partial charge is 0.366 e. The fourth-order valence-corrected chi connectivity index (χ4v) is 4.70. The molecular formula is C28H27N7O3. The average Bonchev–Trinajstić information content (AvgIpc) is 3.27. The van der Waals surface area contributed by atoms with Crippen molar-refractivity contribution in [1.29, 1.82) is 0 Å². The van der Waals surface area contributed by atoms with E-state index in [9.17, 15) is 14.4 Å². The van der Waals surface area contributed by atoms with Crippen LogP contribution in [0.3, 0.4) is 0 Å². The molecule has 0 saturated heterocycles. The van der Waals surface area contributed by atoms with E-state index in [4.69, 9.17) is 5.73 Å². The first-order valence-corrected chi connectivity index (χ1v) is 12.3. The highest BCUT2D eigenvalue weighted by Gasteiger charge is 2.30. The molecule has 1 atom stereocenters. The second-order valence-corrected chi connectivity index (χ2v) is 9.18. The zero-order chi connectivity index (χ0) is 26.6. The van der Waals surface area contributed by atoms with Crippen molar-refractivity contribution >= 4 is 40.0 Å². The van der Waals surface area contributed by atoms with Crippen molar-refractivity contribution in [3.63, 3.8) is 0 Å². The summed E-state index contributed by atoms with van der Waals surface area (Å²) in [5, 5.41) is 11.6. The topological polar surface area (TPSA) is 136 Å². The minimum absolute atomic E-state index is 0.0406. The number of aryl methyl sites for hydroxylation is 1. The van der Waals surface area contributed by atoms with Crippen LogP contribution >= 0.6 is 0 Å². The van der Waals surface area contributed by atoms with Crippen molar-refractivity contribution in [2.45, 2.75) is 32.4 Å². The normalized spacial score (nSPS) is 15.0. The quantitative estimate of drug-likeness (QED) is 0.349. The third-order valence-electron chi connectivity index (χ3n) is 6.49. The van der Waals surface area contributed by atoms with E-state index in [0.29, 0.717) is 46.6 Å². The van der Waals surface area contributed by atoms with E-state index >= 15 is 0 Å². The lowest BCUT2D eigenvalue weighted by Crippen LogP contribution is -2.48. The average molecular weight is 510 g/mol. The van der Waals surface area contributed by atoms with Gasteiger partial charge in [0.05, 0.1) is 18.0 Å². The van der Waals surface area contributed by atoms with Gasteiger partial charge in [0.1, 0.15) is 6.54 Å². The standard InChI is InChI=1S/C28H27N7O3/c1-18-6-4-7-19(31-18)15-25(36)24-8-2-3-13-35(24)27(37)17-34-16-22(28(29)38)21-14-20(10-11-23(21)34)32-26-9-5-12-30-33-26/h2-7,9-12,14,16,24H,8,13,15,17H2,1H3,(H2,29,38)(H,32,33)/t24-/m0/s1. The number of carbonyl (C=O) groups is 3. The van der Waals surface area contributed by atoms with Crippen LogP contribution < -0.4 is 11.1 Å². The third kappa shape index (κ3) is 5.29. The maximum atomic E-state index is 13.5. The van der Waals surface area contributed by atoms with Gasteiger partial charge >= 0.3 is 0 Å². The molecule has 2 amide bonds. The van der Waals surface area contributed by atoms with Gasteiger partial charge in [-0.05, 0) is 55.8 Å². The van der Waals surface area contributed by atoms with Gasteiger partial charge in [-0.15, -0.1) is 5.10 Å².